The van der Waals surface area contributed by atoms with Gasteiger partial charge in [-0.3, -0.25) is 24.1 Å². The molecule has 3 aliphatic heterocycles. The van der Waals surface area contributed by atoms with Crippen LogP contribution in [-0.4, -0.2) is 120 Å². The number of amides is 1. The fraction of sp³-hybridized carbons (Fsp3) is 0.614. The third-order valence-corrected chi connectivity index (χ3v) is 13.5. The number of benzene rings is 1. The smallest absolute Gasteiger partial charge is 0.310 e. The molecular weight excluding hydrogens is 794 g/mol. The number of allylic oxidation sites excluding steroid dienone is 1. The van der Waals surface area contributed by atoms with Gasteiger partial charge in [0.05, 0.1) is 50.0 Å². The number of nitrogens with zero attached hydrogens (tertiary/aromatic N) is 5. The average molecular weight is 848 g/mol. The third-order valence-electron chi connectivity index (χ3n) is 13.1. The molecule has 6 aliphatic rings. The van der Waals surface area contributed by atoms with Crippen molar-refractivity contribution in [1.29, 1.82) is 0 Å². The summed E-state index contributed by atoms with van der Waals surface area (Å²) in [6.07, 6.45) is 5.56. The van der Waals surface area contributed by atoms with E-state index in [1.165, 1.54) is 11.3 Å². The zero-order valence-corrected chi connectivity index (χ0v) is 35.2. The normalized spacial score (nSPS) is 28.8. The molecule has 1 N–H and O–H groups in total. The van der Waals surface area contributed by atoms with Crippen LogP contribution >= 0.6 is 11.6 Å². The molecular formula is C44H54ClN5O10. The summed E-state index contributed by atoms with van der Waals surface area (Å²) in [5.74, 6) is -0.962. The highest BCUT2D eigenvalue weighted by Crippen LogP contribution is 2.57. The molecule has 60 heavy (non-hydrogen) atoms. The highest BCUT2D eigenvalue weighted by atomic mass is 35.5. The van der Waals surface area contributed by atoms with Crippen LogP contribution in [0.3, 0.4) is 0 Å². The number of aliphatic carboxylic acids is 1. The number of carbonyl (C=O) groups is 4. The summed E-state index contributed by atoms with van der Waals surface area (Å²) in [5.41, 5.74) is -1.60. The summed E-state index contributed by atoms with van der Waals surface area (Å²) in [5, 5.41) is 18.9. The van der Waals surface area contributed by atoms with E-state index >= 15 is 0 Å². The number of pyridine rings is 1. The van der Waals surface area contributed by atoms with E-state index in [1.807, 2.05) is 20.8 Å². The highest BCUT2D eigenvalue weighted by Gasteiger charge is 2.61. The molecule has 0 spiro atoms. The van der Waals surface area contributed by atoms with Crippen molar-refractivity contribution in [3.05, 3.63) is 35.9 Å². The zero-order chi connectivity index (χ0) is 42.3. The van der Waals surface area contributed by atoms with Crippen molar-refractivity contribution >= 4 is 58.2 Å². The number of likely N-dealkylation sites (tertiary alicyclic amines) is 1. The number of hydrogen-bond donors (Lipinski definition) is 1. The Morgan fingerprint density at radius 3 is 2.52 bits per heavy atom. The van der Waals surface area contributed by atoms with Gasteiger partial charge >= 0.3 is 11.9 Å². The van der Waals surface area contributed by atoms with Gasteiger partial charge in [-0.05, 0) is 61.0 Å². The second-order valence-electron chi connectivity index (χ2n) is 18.2. The Labute approximate surface area is 354 Å². The number of halogens is 1. The van der Waals surface area contributed by atoms with Gasteiger partial charge in [0.15, 0.2) is 5.78 Å². The summed E-state index contributed by atoms with van der Waals surface area (Å²) >= 11 is 6.99. The van der Waals surface area contributed by atoms with Gasteiger partial charge in [0.2, 0.25) is 17.7 Å². The van der Waals surface area contributed by atoms with Crippen molar-refractivity contribution in [2.75, 3.05) is 46.0 Å². The van der Waals surface area contributed by atoms with Crippen LogP contribution in [0.4, 0.5) is 0 Å². The first-order valence-corrected chi connectivity index (χ1v) is 21.5. The second-order valence-corrected chi connectivity index (χ2v) is 18.6. The highest BCUT2D eigenvalue weighted by molar-refractivity contribution is 6.36. The molecule has 15 nitrogen and oxygen atoms in total. The van der Waals surface area contributed by atoms with Gasteiger partial charge in [0.25, 0.3) is 0 Å². The lowest BCUT2D eigenvalue weighted by Crippen LogP contribution is -2.48. The number of aromatic nitrogens is 1. The van der Waals surface area contributed by atoms with Gasteiger partial charge in [0, 0.05) is 50.1 Å². The molecule has 2 aromatic rings. The van der Waals surface area contributed by atoms with Crippen molar-refractivity contribution in [1.82, 2.24) is 14.8 Å². The first kappa shape index (κ1) is 42.1. The first-order chi connectivity index (χ1) is 28.7. The van der Waals surface area contributed by atoms with Gasteiger partial charge < -0.3 is 33.7 Å². The number of ketones is 1. The fourth-order valence-corrected chi connectivity index (χ4v) is 9.59. The minimum Gasteiger partial charge on any atom is -0.491 e. The van der Waals surface area contributed by atoms with Crippen molar-refractivity contribution in [2.45, 2.75) is 90.4 Å². The van der Waals surface area contributed by atoms with Crippen LogP contribution in [0, 0.1) is 34.5 Å². The van der Waals surface area contributed by atoms with Gasteiger partial charge in [0.1, 0.15) is 40.9 Å². The molecule has 1 aromatic carbocycles. The minimum atomic E-state index is -1.28. The maximum absolute atomic E-state index is 14.8. The summed E-state index contributed by atoms with van der Waals surface area (Å²) in [6.45, 7) is 13.5. The van der Waals surface area contributed by atoms with E-state index in [2.05, 4.69) is 21.7 Å². The quantitative estimate of drug-likeness (QED) is 0.160. The summed E-state index contributed by atoms with van der Waals surface area (Å²) < 4.78 is 30.2. The Hall–Kier alpha value is -4.60. The topological polar surface area (TPSA) is 179 Å². The number of rotatable bonds is 16. The number of carboxylic acid groups (broad SMARTS) is 1. The fourth-order valence-electron chi connectivity index (χ4n) is 9.33. The molecule has 2 saturated heterocycles. The summed E-state index contributed by atoms with van der Waals surface area (Å²) in [6, 6.07) is 4.15. The van der Waals surface area contributed by atoms with E-state index in [0.717, 1.165) is 25.9 Å². The zero-order valence-electron chi connectivity index (χ0n) is 34.5. The maximum atomic E-state index is 14.8. The molecule has 5 fully saturated rings. The van der Waals surface area contributed by atoms with E-state index in [9.17, 15) is 24.3 Å². The summed E-state index contributed by atoms with van der Waals surface area (Å²) in [4.78, 5) is 63.5. The van der Waals surface area contributed by atoms with Crippen molar-refractivity contribution in [3.63, 3.8) is 0 Å². The molecule has 8 rings (SSSR count). The summed E-state index contributed by atoms with van der Waals surface area (Å²) in [7, 11) is 0. The number of carbonyl (C=O) groups excluding carboxylic acids is 3. The van der Waals surface area contributed by atoms with Crippen molar-refractivity contribution in [2.24, 2.45) is 44.7 Å². The molecule has 322 valence electrons. The SMILES string of the molecule is C=C[C@@H]1C[C@]1(CC(=O)[C@@H]1C[C@@H](Oc2cc(OC3=NN=CC3)nc3c(Cl)c(OCCN4CCOCC4)ccc23)CN1C(=O)[C@@H](CC(=O)OC1C[C@@H]2C[C@@H]2C1)C(C)(C)C)C(=O)O. The number of esters is 1. The number of ether oxygens (including phenoxy) is 5. The van der Waals surface area contributed by atoms with E-state index in [0.29, 0.717) is 79.3 Å². The van der Waals surface area contributed by atoms with E-state index in [-0.39, 0.29) is 60.4 Å². The Morgan fingerprint density at radius 2 is 1.85 bits per heavy atom. The standard InChI is InChI=1S/C44H54ClN5O10/c1-5-27-22-44(27,42(54)55)23-33(51)32-19-29(24-50(32)41(53)31(43(2,3)4)20-38(52)59-28-17-25-16-26(25)18-28)58-35-21-37(60-36-8-9-46-48-36)47-40-30(35)6-7-34(39(40)45)57-15-12-49-10-13-56-14-11-49/h5-7,9,21,25-29,31-32H,1,8,10-20,22-24H2,2-4H3,(H,54,55)/t25-,26+,27-,28?,29-,31-,32+,44-/m1/s1. The van der Waals surface area contributed by atoms with Gasteiger partial charge in [-0.15, -0.1) is 11.7 Å². The third kappa shape index (κ3) is 9.03. The minimum absolute atomic E-state index is 0.00479. The van der Waals surface area contributed by atoms with Gasteiger partial charge in [-0.25, -0.2) is 4.98 Å². The molecule has 3 saturated carbocycles. The van der Waals surface area contributed by atoms with Crippen LogP contribution in [0.15, 0.2) is 41.1 Å². The molecule has 3 aliphatic carbocycles. The van der Waals surface area contributed by atoms with Crippen molar-refractivity contribution in [3.8, 4) is 17.4 Å². The molecule has 4 heterocycles. The lowest BCUT2D eigenvalue weighted by Gasteiger charge is -2.35. The Bertz CT molecular complexity index is 2090. The molecule has 0 bridgehead atoms. The number of hydrogen-bond acceptors (Lipinski definition) is 13. The predicted molar refractivity (Wildman–Crippen MR) is 221 cm³/mol. The number of morpholine rings is 1. The molecule has 0 radical (unpaired) electrons. The lowest BCUT2D eigenvalue weighted by atomic mass is 9.77. The average Bonchev–Trinajstić information content (AvgIpc) is 3.85. The Kier molecular flexibility index (Phi) is 12.0. The van der Waals surface area contributed by atoms with E-state index in [1.54, 1.807) is 30.5 Å². The molecule has 8 atom stereocenters. The van der Waals surface area contributed by atoms with Crippen LogP contribution in [0.25, 0.3) is 10.9 Å². The predicted octanol–water partition coefficient (Wildman–Crippen LogP) is 5.74. The van der Waals surface area contributed by atoms with Crippen LogP contribution in [0.5, 0.6) is 17.4 Å². The monoisotopic (exact) mass is 847 g/mol. The first-order valence-electron chi connectivity index (χ1n) is 21.1. The van der Waals surface area contributed by atoms with Crippen LogP contribution < -0.4 is 14.2 Å². The maximum Gasteiger partial charge on any atom is 0.310 e. The number of fused-ring (bicyclic) bond motifs is 2. The van der Waals surface area contributed by atoms with Gasteiger partial charge in [-0.2, -0.15) is 5.10 Å². The number of carboxylic acids is 1. The largest absolute Gasteiger partial charge is 0.491 e. The Morgan fingerprint density at radius 1 is 1.08 bits per heavy atom. The van der Waals surface area contributed by atoms with E-state index in [4.69, 9.17) is 40.3 Å². The van der Waals surface area contributed by atoms with Gasteiger partial charge in [-0.1, -0.05) is 38.4 Å². The van der Waals surface area contributed by atoms with E-state index < -0.39 is 40.8 Å². The molecule has 1 amide bonds. The Balaban J connectivity index is 1.06. The van der Waals surface area contributed by atoms with Crippen LogP contribution in [0.1, 0.15) is 72.1 Å². The second kappa shape index (κ2) is 17.0. The van der Waals surface area contributed by atoms with Crippen LogP contribution in [-0.2, 0) is 28.7 Å². The lowest BCUT2D eigenvalue weighted by molar-refractivity contribution is -0.157. The van der Waals surface area contributed by atoms with Crippen LogP contribution in [0.2, 0.25) is 5.02 Å². The number of Topliss-reactive ketones (excluding diaryl/α,β-unsaturated/α-hetero) is 1. The van der Waals surface area contributed by atoms with Crippen molar-refractivity contribution < 1.29 is 48.0 Å². The molecule has 1 aromatic heterocycles. The molecule has 16 heteroatoms. The molecule has 1 unspecified atom stereocenters.